The number of rotatable bonds is 4. The third-order valence-corrected chi connectivity index (χ3v) is 4.88. The van der Waals surface area contributed by atoms with E-state index < -0.39 is 0 Å². The van der Waals surface area contributed by atoms with Crippen LogP contribution in [0.2, 0.25) is 0 Å². The topological polar surface area (TPSA) is 29.1 Å². The number of allylic oxidation sites excluding steroid dienone is 2. The Bertz CT molecular complexity index is 760. The Balaban J connectivity index is 2.14. The van der Waals surface area contributed by atoms with Gasteiger partial charge in [0.15, 0.2) is 0 Å². The lowest BCUT2D eigenvalue weighted by atomic mass is 9.60. The first-order valence-electron chi connectivity index (χ1n) is 8.21. The van der Waals surface area contributed by atoms with Gasteiger partial charge in [-0.1, -0.05) is 62.4 Å². The smallest absolute Gasteiger partial charge is 0.221 e. The molecular weight excluding hydrogens is 282 g/mol. The zero-order valence-corrected chi connectivity index (χ0v) is 14.0. The average molecular weight is 305 g/mol. The van der Waals surface area contributed by atoms with Crippen molar-refractivity contribution in [2.75, 3.05) is 5.32 Å². The monoisotopic (exact) mass is 305 g/mol. The summed E-state index contributed by atoms with van der Waals surface area (Å²) in [6.07, 6.45) is 2.16. The predicted molar refractivity (Wildman–Crippen MR) is 97.0 cm³/mol. The van der Waals surface area contributed by atoms with Crippen LogP contribution >= 0.6 is 0 Å². The van der Waals surface area contributed by atoms with Crippen molar-refractivity contribution < 1.29 is 4.79 Å². The summed E-state index contributed by atoms with van der Waals surface area (Å²) in [6, 6.07) is 18.7. The molecule has 2 aromatic rings. The standard InChI is InChI=1S/C21H23NO/c1-4-21(3)14-18(20(21)16-10-6-5-7-11-16)17-12-8-9-13-19(17)22-15(2)23/h5-13H,4,14H2,1-3H3,(H,22,23). The Labute approximate surface area is 138 Å². The molecule has 0 saturated carbocycles. The Morgan fingerprint density at radius 3 is 2.39 bits per heavy atom. The van der Waals surface area contributed by atoms with Gasteiger partial charge in [-0.25, -0.2) is 0 Å². The summed E-state index contributed by atoms with van der Waals surface area (Å²) in [6.45, 7) is 6.14. The lowest BCUT2D eigenvalue weighted by molar-refractivity contribution is -0.114. The van der Waals surface area contributed by atoms with Crippen LogP contribution in [0.4, 0.5) is 5.69 Å². The van der Waals surface area contributed by atoms with Crippen LogP contribution in [-0.2, 0) is 4.79 Å². The first-order valence-corrected chi connectivity index (χ1v) is 8.21. The Kier molecular flexibility index (Phi) is 4.08. The van der Waals surface area contributed by atoms with Crippen LogP contribution in [0.3, 0.4) is 0 Å². The Morgan fingerprint density at radius 1 is 1.09 bits per heavy atom. The molecule has 1 aliphatic carbocycles. The fourth-order valence-electron chi connectivity index (χ4n) is 3.53. The lowest BCUT2D eigenvalue weighted by Crippen LogP contribution is -2.28. The first-order chi connectivity index (χ1) is 11.0. The second-order valence-electron chi connectivity index (χ2n) is 6.54. The van der Waals surface area contributed by atoms with Crippen molar-refractivity contribution in [3.05, 3.63) is 65.7 Å². The van der Waals surface area contributed by atoms with Gasteiger partial charge in [-0.2, -0.15) is 0 Å². The summed E-state index contributed by atoms with van der Waals surface area (Å²) in [7, 11) is 0. The number of benzene rings is 2. The highest BCUT2D eigenvalue weighted by molar-refractivity contribution is 6.04. The highest BCUT2D eigenvalue weighted by Gasteiger charge is 2.41. The van der Waals surface area contributed by atoms with Gasteiger partial charge in [0.2, 0.25) is 5.91 Å². The molecule has 0 spiro atoms. The van der Waals surface area contributed by atoms with Crippen molar-refractivity contribution in [3.63, 3.8) is 0 Å². The molecule has 2 nitrogen and oxygen atoms in total. The zero-order valence-electron chi connectivity index (χ0n) is 14.0. The number of para-hydroxylation sites is 1. The van der Waals surface area contributed by atoms with Crippen molar-refractivity contribution in [1.82, 2.24) is 0 Å². The molecule has 1 atom stereocenters. The summed E-state index contributed by atoms with van der Waals surface area (Å²) >= 11 is 0. The molecule has 23 heavy (non-hydrogen) atoms. The number of hydrogen-bond donors (Lipinski definition) is 1. The number of nitrogens with one attached hydrogen (secondary N) is 1. The van der Waals surface area contributed by atoms with E-state index in [9.17, 15) is 4.79 Å². The molecule has 0 bridgehead atoms. The second kappa shape index (κ2) is 6.04. The van der Waals surface area contributed by atoms with Crippen LogP contribution in [0.1, 0.15) is 44.7 Å². The fraction of sp³-hybridized carbons (Fsp3) is 0.286. The van der Waals surface area contributed by atoms with Crippen molar-refractivity contribution in [2.45, 2.75) is 33.6 Å². The first kappa shape index (κ1) is 15.5. The van der Waals surface area contributed by atoms with Gasteiger partial charge in [0.1, 0.15) is 0 Å². The number of carbonyl (C=O) groups is 1. The zero-order chi connectivity index (χ0) is 16.4. The second-order valence-corrected chi connectivity index (χ2v) is 6.54. The van der Waals surface area contributed by atoms with Gasteiger partial charge in [-0.05, 0) is 41.0 Å². The molecule has 3 rings (SSSR count). The third kappa shape index (κ3) is 2.81. The maximum absolute atomic E-state index is 11.5. The van der Waals surface area contributed by atoms with Crippen molar-refractivity contribution >= 4 is 22.7 Å². The van der Waals surface area contributed by atoms with Gasteiger partial charge in [-0.3, -0.25) is 4.79 Å². The molecule has 0 aromatic heterocycles. The fourth-order valence-corrected chi connectivity index (χ4v) is 3.53. The molecule has 1 unspecified atom stereocenters. The predicted octanol–water partition coefficient (Wildman–Crippen LogP) is 5.38. The number of hydrogen-bond acceptors (Lipinski definition) is 1. The maximum Gasteiger partial charge on any atom is 0.221 e. The van der Waals surface area contributed by atoms with Gasteiger partial charge >= 0.3 is 0 Å². The van der Waals surface area contributed by atoms with E-state index in [0.29, 0.717) is 0 Å². The van der Waals surface area contributed by atoms with Crippen LogP contribution in [0.15, 0.2) is 54.6 Å². The molecule has 2 heteroatoms. The maximum atomic E-state index is 11.5. The van der Waals surface area contributed by atoms with E-state index in [4.69, 9.17) is 0 Å². The Morgan fingerprint density at radius 2 is 1.74 bits per heavy atom. The number of carbonyl (C=O) groups excluding carboxylic acids is 1. The molecule has 0 aliphatic heterocycles. The molecule has 0 heterocycles. The number of amides is 1. The summed E-state index contributed by atoms with van der Waals surface area (Å²) in [5, 5.41) is 2.97. The average Bonchev–Trinajstić information content (AvgIpc) is 2.53. The van der Waals surface area contributed by atoms with E-state index in [0.717, 1.165) is 24.1 Å². The molecule has 0 saturated heterocycles. The van der Waals surface area contributed by atoms with E-state index in [1.54, 1.807) is 6.92 Å². The minimum atomic E-state index is -0.0307. The molecule has 2 aromatic carbocycles. The van der Waals surface area contributed by atoms with Gasteiger partial charge < -0.3 is 5.32 Å². The normalized spacial score (nSPS) is 20.1. The van der Waals surface area contributed by atoms with Gasteiger partial charge in [0.25, 0.3) is 0 Å². The van der Waals surface area contributed by atoms with E-state index in [1.165, 1.54) is 16.7 Å². The van der Waals surface area contributed by atoms with E-state index in [-0.39, 0.29) is 11.3 Å². The quantitative estimate of drug-likeness (QED) is 0.807. The molecule has 118 valence electrons. The Hall–Kier alpha value is -2.35. The van der Waals surface area contributed by atoms with Gasteiger partial charge in [0, 0.05) is 18.2 Å². The minimum absolute atomic E-state index is 0.0307. The molecule has 1 aliphatic rings. The SMILES string of the molecule is CCC1(C)CC(c2ccccc2NC(C)=O)=C1c1ccccc1. The summed E-state index contributed by atoms with van der Waals surface area (Å²) in [4.78, 5) is 11.5. The van der Waals surface area contributed by atoms with E-state index in [1.807, 2.05) is 18.2 Å². The minimum Gasteiger partial charge on any atom is -0.326 e. The van der Waals surface area contributed by atoms with Crippen LogP contribution < -0.4 is 5.32 Å². The van der Waals surface area contributed by atoms with E-state index >= 15 is 0 Å². The van der Waals surface area contributed by atoms with E-state index in [2.05, 4.69) is 55.6 Å². The molecule has 0 fully saturated rings. The molecule has 1 N–H and O–H groups in total. The van der Waals surface area contributed by atoms with Crippen molar-refractivity contribution in [3.8, 4) is 0 Å². The van der Waals surface area contributed by atoms with Crippen LogP contribution in [0.25, 0.3) is 11.1 Å². The summed E-state index contributed by atoms with van der Waals surface area (Å²) in [5.41, 5.74) is 6.31. The van der Waals surface area contributed by atoms with Crippen LogP contribution in [0, 0.1) is 5.41 Å². The summed E-state index contributed by atoms with van der Waals surface area (Å²) in [5.74, 6) is -0.0307. The highest BCUT2D eigenvalue weighted by atomic mass is 16.1. The lowest BCUT2D eigenvalue weighted by Gasteiger charge is -2.44. The van der Waals surface area contributed by atoms with Gasteiger partial charge in [0.05, 0.1) is 0 Å². The molecular formula is C21H23NO. The van der Waals surface area contributed by atoms with Crippen molar-refractivity contribution in [1.29, 1.82) is 0 Å². The largest absolute Gasteiger partial charge is 0.326 e. The number of anilines is 1. The highest BCUT2D eigenvalue weighted by Crippen LogP contribution is 2.58. The summed E-state index contributed by atoms with van der Waals surface area (Å²) < 4.78 is 0. The van der Waals surface area contributed by atoms with Crippen molar-refractivity contribution in [2.24, 2.45) is 5.41 Å². The third-order valence-electron chi connectivity index (χ3n) is 4.88. The molecule has 1 amide bonds. The van der Waals surface area contributed by atoms with Gasteiger partial charge in [-0.15, -0.1) is 0 Å². The van der Waals surface area contributed by atoms with Crippen LogP contribution in [-0.4, -0.2) is 5.91 Å². The molecule has 0 radical (unpaired) electrons. The van der Waals surface area contributed by atoms with Crippen LogP contribution in [0.5, 0.6) is 0 Å².